The van der Waals surface area contributed by atoms with Gasteiger partial charge in [-0.2, -0.15) is 8.42 Å². The molecule has 1 aliphatic heterocycles. The quantitative estimate of drug-likeness (QED) is 0.575. The fraction of sp³-hybridized carbons (Fsp3) is 0.136. The molecule has 148 valence electrons. The molecule has 0 aromatic heterocycles. The predicted octanol–water partition coefficient (Wildman–Crippen LogP) is 4.01. The van der Waals surface area contributed by atoms with Crippen molar-refractivity contribution in [1.82, 2.24) is 0 Å². The van der Waals surface area contributed by atoms with Gasteiger partial charge in [-0.25, -0.2) is 0 Å². The van der Waals surface area contributed by atoms with E-state index in [1.54, 1.807) is 60.4 Å². The average molecular weight is 409 g/mol. The molecule has 0 fully saturated rings. The number of anilines is 1. The van der Waals surface area contributed by atoms with Crippen LogP contribution in [0.15, 0.2) is 77.7 Å². The van der Waals surface area contributed by atoms with Gasteiger partial charge in [-0.05, 0) is 42.8 Å². The number of nitrogens with zero attached hydrogens (tertiary/aromatic N) is 1. The number of carbonyl (C=O) groups is 1. The first-order chi connectivity index (χ1) is 14.0. The lowest BCUT2D eigenvalue weighted by Gasteiger charge is -2.19. The first kappa shape index (κ1) is 19.0. The number of benzene rings is 3. The highest BCUT2D eigenvalue weighted by Crippen LogP contribution is 2.34. The molecule has 0 bridgehead atoms. The topological polar surface area (TPSA) is 72.9 Å². The van der Waals surface area contributed by atoms with Gasteiger partial charge in [0.25, 0.3) is 5.91 Å². The van der Waals surface area contributed by atoms with E-state index < -0.39 is 10.1 Å². The molecule has 3 aromatic rings. The zero-order valence-corrected chi connectivity index (χ0v) is 16.6. The molecular formula is C22H19NO5S. The SMILES string of the molecule is CCOc1cc(N2Cc3ccccc3C2=O)ccc1S(=O)(=O)Oc1ccccc1. The predicted molar refractivity (Wildman–Crippen MR) is 109 cm³/mol. The van der Waals surface area contributed by atoms with Crippen LogP contribution >= 0.6 is 0 Å². The van der Waals surface area contributed by atoms with E-state index in [2.05, 4.69) is 0 Å². The largest absolute Gasteiger partial charge is 0.492 e. The molecule has 0 saturated heterocycles. The summed E-state index contributed by atoms with van der Waals surface area (Å²) in [5.74, 6) is 0.230. The molecule has 0 radical (unpaired) electrons. The first-order valence-electron chi connectivity index (χ1n) is 9.16. The second-order valence-corrected chi connectivity index (χ2v) is 7.98. The molecule has 0 N–H and O–H groups in total. The Balaban J connectivity index is 1.68. The van der Waals surface area contributed by atoms with E-state index >= 15 is 0 Å². The normalized spacial score (nSPS) is 13.3. The summed E-state index contributed by atoms with van der Waals surface area (Å²) < 4.78 is 36.4. The lowest BCUT2D eigenvalue weighted by molar-refractivity contribution is 0.0996. The van der Waals surface area contributed by atoms with Crippen molar-refractivity contribution < 1.29 is 22.1 Å². The maximum atomic E-state index is 12.8. The Bertz CT molecular complexity index is 1160. The molecule has 0 aliphatic carbocycles. The highest BCUT2D eigenvalue weighted by molar-refractivity contribution is 7.87. The maximum Gasteiger partial charge on any atom is 0.342 e. The molecule has 0 unspecified atom stereocenters. The highest BCUT2D eigenvalue weighted by Gasteiger charge is 2.30. The van der Waals surface area contributed by atoms with Crippen molar-refractivity contribution in [3.05, 3.63) is 83.9 Å². The number of amides is 1. The van der Waals surface area contributed by atoms with Crippen molar-refractivity contribution >= 4 is 21.7 Å². The van der Waals surface area contributed by atoms with Gasteiger partial charge < -0.3 is 13.8 Å². The number of rotatable bonds is 6. The van der Waals surface area contributed by atoms with E-state index in [1.165, 1.54) is 6.07 Å². The number of para-hydroxylation sites is 1. The summed E-state index contributed by atoms with van der Waals surface area (Å²) in [7, 11) is -4.10. The van der Waals surface area contributed by atoms with Crippen molar-refractivity contribution in [2.24, 2.45) is 0 Å². The summed E-state index contributed by atoms with van der Waals surface area (Å²) in [6.07, 6.45) is 0. The minimum atomic E-state index is -4.10. The lowest BCUT2D eigenvalue weighted by atomic mass is 10.1. The van der Waals surface area contributed by atoms with Gasteiger partial charge in [0.05, 0.1) is 13.2 Å². The van der Waals surface area contributed by atoms with Crippen LogP contribution < -0.4 is 13.8 Å². The van der Waals surface area contributed by atoms with Gasteiger partial charge in [-0.15, -0.1) is 0 Å². The second kappa shape index (κ2) is 7.60. The van der Waals surface area contributed by atoms with Gasteiger partial charge >= 0.3 is 10.1 Å². The summed E-state index contributed by atoms with van der Waals surface area (Å²) in [4.78, 5) is 14.2. The molecule has 0 spiro atoms. The number of fused-ring (bicyclic) bond motifs is 1. The van der Waals surface area contributed by atoms with Gasteiger partial charge in [0.2, 0.25) is 0 Å². The third-order valence-corrected chi connectivity index (χ3v) is 5.87. The highest BCUT2D eigenvalue weighted by atomic mass is 32.2. The standard InChI is InChI=1S/C22H19NO5S/c1-2-27-20-14-17(23-15-16-8-6-7-11-19(16)22(23)24)12-13-21(20)29(25,26)28-18-9-4-3-5-10-18/h3-14H,2,15H2,1H3. The minimum absolute atomic E-state index is 0.0869. The zero-order valence-electron chi connectivity index (χ0n) is 15.7. The maximum absolute atomic E-state index is 12.8. The van der Waals surface area contributed by atoms with Crippen molar-refractivity contribution in [3.63, 3.8) is 0 Å². The van der Waals surface area contributed by atoms with Crippen LogP contribution in [0.1, 0.15) is 22.8 Å². The van der Waals surface area contributed by atoms with Crippen molar-refractivity contribution in [3.8, 4) is 11.5 Å². The molecule has 1 amide bonds. The lowest BCUT2D eigenvalue weighted by Crippen LogP contribution is -2.23. The van der Waals surface area contributed by atoms with E-state index in [1.807, 2.05) is 18.2 Å². The summed E-state index contributed by atoms with van der Waals surface area (Å²) >= 11 is 0. The Morgan fingerprint density at radius 1 is 0.966 bits per heavy atom. The van der Waals surface area contributed by atoms with E-state index in [0.29, 0.717) is 17.8 Å². The third-order valence-electron chi connectivity index (χ3n) is 4.58. The number of hydrogen-bond acceptors (Lipinski definition) is 5. The smallest absolute Gasteiger partial charge is 0.342 e. The first-order valence-corrected chi connectivity index (χ1v) is 10.6. The van der Waals surface area contributed by atoms with Crippen molar-refractivity contribution in [2.75, 3.05) is 11.5 Å². The summed E-state index contributed by atoms with van der Waals surface area (Å²) in [6.45, 7) is 2.46. The molecule has 1 aliphatic rings. The fourth-order valence-corrected chi connectivity index (χ4v) is 4.30. The molecular weight excluding hydrogens is 390 g/mol. The second-order valence-electron chi connectivity index (χ2n) is 6.46. The molecule has 3 aromatic carbocycles. The van der Waals surface area contributed by atoms with E-state index in [4.69, 9.17) is 8.92 Å². The third kappa shape index (κ3) is 3.69. The van der Waals surface area contributed by atoms with Crippen LogP contribution in [0.3, 0.4) is 0 Å². The van der Waals surface area contributed by atoms with E-state index in [-0.39, 0.29) is 28.9 Å². The van der Waals surface area contributed by atoms with Gasteiger partial charge in [0, 0.05) is 17.3 Å². The Hall–Kier alpha value is -3.32. The van der Waals surface area contributed by atoms with Gasteiger partial charge in [0.15, 0.2) is 0 Å². The molecule has 4 rings (SSSR count). The molecule has 29 heavy (non-hydrogen) atoms. The summed E-state index contributed by atoms with van der Waals surface area (Å²) in [5.41, 5.74) is 2.14. The van der Waals surface area contributed by atoms with Crippen molar-refractivity contribution in [1.29, 1.82) is 0 Å². The zero-order chi connectivity index (χ0) is 20.4. The summed E-state index contributed by atoms with van der Waals surface area (Å²) in [6, 6.07) is 20.2. The van der Waals surface area contributed by atoms with Crippen LogP contribution in [-0.2, 0) is 16.7 Å². The Morgan fingerprint density at radius 2 is 1.69 bits per heavy atom. The number of ether oxygens (including phenoxy) is 1. The van der Waals surface area contributed by atoms with Crippen molar-refractivity contribution in [2.45, 2.75) is 18.4 Å². The Kier molecular flexibility index (Phi) is 4.98. The van der Waals surface area contributed by atoms with Crippen LogP contribution in [0.4, 0.5) is 5.69 Å². The van der Waals surface area contributed by atoms with Crippen LogP contribution in [-0.4, -0.2) is 20.9 Å². The van der Waals surface area contributed by atoms with Gasteiger partial charge in [-0.3, -0.25) is 4.79 Å². The molecule has 0 atom stereocenters. The molecule has 6 nitrogen and oxygen atoms in total. The fourth-order valence-electron chi connectivity index (χ4n) is 3.25. The summed E-state index contributed by atoms with van der Waals surface area (Å²) in [5, 5.41) is 0. The van der Waals surface area contributed by atoms with Crippen LogP contribution in [0, 0.1) is 0 Å². The van der Waals surface area contributed by atoms with Crippen LogP contribution in [0.5, 0.6) is 11.5 Å². The number of carbonyl (C=O) groups excluding carboxylic acids is 1. The van der Waals surface area contributed by atoms with Gasteiger partial charge in [0.1, 0.15) is 16.4 Å². The van der Waals surface area contributed by atoms with Gasteiger partial charge in [-0.1, -0.05) is 36.4 Å². The molecule has 1 heterocycles. The van der Waals surface area contributed by atoms with E-state index in [9.17, 15) is 13.2 Å². The number of hydrogen-bond donors (Lipinski definition) is 0. The minimum Gasteiger partial charge on any atom is -0.492 e. The average Bonchev–Trinajstić information content (AvgIpc) is 3.05. The molecule has 0 saturated carbocycles. The van der Waals surface area contributed by atoms with E-state index in [0.717, 1.165) is 5.56 Å². The Labute approximate surface area is 169 Å². The Morgan fingerprint density at radius 3 is 2.41 bits per heavy atom. The van der Waals surface area contributed by atoms with Crippen LogP contribution in [0.2, 0.25) is 0 Å². The van der Waals surface area contributed by atoms with Crippen LogP contribution in [0.25, 0.3) is 0 Å². The monoisotopic (exact) mass is 409 g/mol. The molecule has 7 heteroatoms.